The van der Waals surface area contributed by atoms with Gasteiger partial charge in [0.1, 0.15) is 17.5 Å². The van der Waals surface area contributed by atoms with Crippen molar-refractivity contribution in [3.63, 3.8) is 0 Å². The Kier molecular flexibility index (Phi) is 8.26. The van der Waals surface area contributed by atoms with Gasteiger partial charge in [0.05, 0.1) is 37.0 Å². The number of benzene rings is 1. The van der Waals surface area contributed by atoms with E-state index in [1.54, 1.807) is 24.3 Å². The smallest absolute Gasteiger partial charge is 0.320 e. The van der Waals surface area contributed by atoms with Crippen LogP contribution in [-0.4, -0.2) is 47.4 Å². The minimum Gasteiger partial charge on any atom is -0.494 e. The van der Waals surface area contributed by atoms with Crippen molar-refractivity contribution in [2.75, 3.05) is 24.9 Å². The van der Waals surface area contributed by atoms with Crippen LogP contribution in [0, 0.1) is 5.92 Å². The lowest BCUT2D eigenvalue weighted by molar-refractivity contribution is -0.147. The molecule has 0 radical (unpaired) electrons. The maximum absolute atomic E-state index is 12.7. The molecular weight excluding hydrogens is 558 g/mol. The van der Waals surface area contributed by atoms with Crippen molar-refractivity contribution in [2.45, 2.75) is 31.8 Å². The van der Waals surface area contributed by atoms with Crippen molar-refractivity contribution in [1.82, 2.24) is 15.2 Å². The number of carbonyl (C=O) groups excluding carboxylic acids is 2. The highest BCUT2D eigenvalue weighted by molar-refractivity contribution is 9.10. The van der Waals surface area contributed by atoms with Crippen LogP contribution in [0.15, 0.2) is 39.4 Å². The second-order valence-corrected chi connectivity index (χ2v) is 9.28. The number of aromatic nitrogens is 3. The van der Waals surface area contributed by atoms with E-state index in [4.69, 9.17) is 30.2 Å². The predicted molar refractivity (Wildman–Crippen MR) is 134 cm³/mol. The van der Waals surface area contributed by atoms with E-state index in [-0.39, 0.29) is 29.9 Å². The third kappa shape index (κ3) is 6.24. The number of rotatable bonds is 8. The van der Waals surface area contributed by atoms with Gasteiger partial charge in [0.25, 0.3) is 0 Å². The molecule has 0 bridgehead atoms. The predicted octanol–water partition coefficient (Wildman–Crippen LogP) is 5.00. The van der Waals surface area contributed by atoms with E-state index in [9.17, 15) is 9.59 Å². The number of halogens is 2. The quantitative estimate of drug-likeness (QED) is 0.350. The van der Waals surface area contributed by atoms with Crippen molar-refractivity contribution in [3.05, 3.63) is 45.8 Å². The molecule has 4 rings (SSSR count). The number of nitrogens with zero attached hydrogens (tertiary/aromatic N) is 3. The largest absolute Gasteiger partial charge is 0.494 e. The summed E-state index contributed by atoms with van der Waals surface area (Å²) in [6.45, 7) is 0. The lowest BCUT2D eigenvalue weighted by Gasteiger charge is -2.27. The van der Waals surface area contributed by atoms with Crippen LogP contribution in [0.2, 0.25) is 5.02 Å². The minimum absolute atomic E-state index is 0.000121. The fraction of sp³-hybridized carbons (Fsp3) is 0.348. The molecular formula is C23H23BrClN5O6. The third-order valence-corrected chi connectivity index (χ3v) is 6.40. The van der Waals surface area contributed by atoms with Crippen LogP contribution in [0.1, 0.15) is 36.4 Å². The molecule has 190 valence electrons. The van der Waals surface area contributed by atoms with Crippen LogP contribution in [-0.2, 0) is 9.53 Å². The number of carbonyl (C=O) groups is 2. The Balaban J connectivity index is 1.37. The summed E-state index contributed by atoms with van der Waals surface area (Å²) in [5.74, 6) is -0.502. The van der Waals surface area contributed by atoms with E-state index in [2.05, 4.69) is 41.7 Å². The first-order chi connectivity index (χ1) is 17.4. The van der Waals surface area contributed by atoms with Crippen molar-refractivity contribution in [3.8, 4) is 11.6 Å². The van der Waals surface area contributed by atoms with E-state index < -0.39 is 5.91 Å². The first kappa shape index (κ1) is 25.7. The molecule has 1 fully saturated rings. The summed E-state index contributed by atoms with van der Waals surface area (Å²) >= 11 is 9.51. The Labute approximate surface area is 220 Å². The number of pyridine rings is 1. The van der Waals surface area contributed by atoms with Crippen molar-refractivity contribution in [2.24, 2.45) is 5.92 Å². The molecule has 0 spiro atoms. The molecule has 13 heteroatoms. The highest BCUT2D eigenvalue weighted by atomic mass is 79.9. The van der Waals surface area contributed by atoms with E-state index in [1.165, 1.54) is 20.4 Å². The molecule has 1 aliphatic carbocycles. The normalized spacial score (nSPS) is 17.2. The Bertz CT molecular complexity index is 1250. The minimum atomic E-state index is -0.646. The summed E-state index contributed by atoms with van der Waals surface area (Å²) in [5, 5.41) is 13.5. The van der Waals surface area contributed by atoms with E-state index in [1.807, 2.05) is 0 Å². The van der Waals surface area contributed by atoms with Gasteiger partial charge in [-0.2, -0.15) is 0 Å². The zero-order valence-corrected chi connectivity index (χ0v) is 21.8. The Morgan fingerprint density at radius 2 is 1.89 bits per heavy atom. The first-order valence-corrected chi connectivity index (χ1v) is 12.2. The number of nitrogens with one attached hydrogen (secondary N) is 2. The molecule has 0 aliphatic heterocycles. The van der Waals surface area contributed by atoms with Crippen LogP contribution in [0.4, 0.5) is 17.4 Å². The van der Waals surface area contributed by atoms with Gasteiger partial charge < -0.3 is 29.3 Å². The van der Waals surface area contributed by atoms with Gasteiger partial charge in [-0.25, -0.2) is 4.98 Å². The molecule has 1 amide bonds. The number of anilines is 3. The molecule has 1 aliphatic rings. The van der Waals surface area contributed by atoms with Crippen LogP contribution in [0.3, 0.4) is 0 Å². The standard InChI is InChI=1S/C23H23BrClN5O6/c1-33-18-10-19(35-14-6-3-12(4-7-14)22(32)34-2)26-11-17(18)27-20(31)21-29-30-23(36-21)28-16-8-5-13(24)9-15(16)25/h5,8-12,14H,3-4,6-7H2,1-2H3,(H,27,31)(H,28,30)/t12-,14-. The van der Waals surface area contributed by atoms with Crippen molar-refractivity contribution < 1.29 is 28.2 Å². The number of esters is 1. The molecule has 36 heavy (non-hydrogen) atoms. The van der Waals surface area contributed by atoms with Gasteiger partial charge in [0, 0.05) is 10.5 Å². The molecule has 0 unspecified atom stereocenters. The highest BCUT2D eigenvalue weighted by Gasteiger charge is 2.28. The van der Waals surface area contributed by atoms with Gasteiger partial charge in [-0.05, 0) is 43.9 Å². The highest BCUT2D eigenvalue weighted by Crippen LogP contribution is 2.32. The van der Waals surface area contributed by atoms with Gasteiger partial charge in [-0.15, -0.1) is 5.10 Å². The number of hydrogen-bond donors (Lipinski definition) is 2. The fourth-order valence-corrected chi connectivity index (χ4v) is 4.47. The van der Waals surface area contributed by atoms with Crippen LogP contribution < -0.4 is 20.1 Å². The van der Waals surface area contributed by atoms with E-state index in [0.717, 1.165) is 4.47 Å². The van der Waals surface area contributed by atoms with Gasteiger partial charge in [0.15, 0.2) is 0 Å². The second kappa shape index (κ2) is 11.6. The van der Waals surface area contributed by atoms with Gasteiger partial charge >= 0.3 is 23.8 Å². The maximum Gasteiger partial charge on any atom is 0.320 e. The van der Waals surface area contributed by atoms with Gasteiger partial charge in [-0.3, -0.25) is 9.59 Å². The summed E-state index contributed by atoms with van der Waals surface area (Å²) in [5.41, 5.74) is 0.837. The topological polar surface area (TPSA) is 138 Å². The number of hydrogen-bond acceptors (Lipinski definition) is 10. The lowest BCUT2D eigenvalue weighted by atomic mass is 9.87. The third-order valence-electron chi connectivity index (χ3n) is 5.60. The summed E-state index contributed by atoms with van der Waals surface area (Å²) in [6, 6.07) is 6.80. The van der Waals surface area contributed by atoms with Crippen molar-refractivity contribution >= 4 is 56.8 Å². The first-order valence-electron chi connectivity index (χ1n) is 11.0. The number of amides is 1. The molecule has 0 saturated heterocycles. The zero-order chi connectivity index (χ0) is 25.7. The Morgan fingerprint density at radius 1 is 1.11 bits per heavy atom. The molecule has 3 aromatic rings. The fourth-order valence-electron chi connectivity index (χ4n) is 3.75. The van der Waals surface area contributed by atoms with Crippen LogP contribution >= 0.6 is 27.5 Å². The van der Waals surface area contributed by atoms with Crippen LogP contribution in [0.25, 0.3) is 0 Å². The summed E-state index contributed by atoms with van der Waals surface area (Å²) in [7, 11) is 2.86. The van der Waals surface area contributed by atoms with Crippen LogP contribution in [0.5, 0.6) is 11.6 Å². The van der Waals surface area contributed by atoms with Gasteiger partial charge in [0.2, 0.25) is 5.88 Å². The molecule has 1 aromatic carbocycles. The summed E-state index contributed by atoms with van der Waals surface area (Å²) in [4.78, 5) is 28.6. The average molecular weight is 581 g/mol. The van der Waals surface area contributed by atoms with E-state index >= 15 is 0 Å². The molecule has 2 heterocycles. The molecule has 2 aromatic heterocycles. The Hall–Kier alpha value is -3.38. The zero-order valence-electron chi connectivity index (χ0n) is 19.4. The second-order valence-electron chi connectivity index (χ2n) is 7.95. The SMILES string of the molecule is COc1cc(O[C@H]2CC[C@H](C(=O)OC)CC2)ncc1NC(=O)c1nnc(Nc2ccc(Br)cc2Cl)o1. The van der Waals surface area contributed by atoms with Crippen molar-refractivity contribution in [1.29, 1.82) is 0 Å². The summed E-state index contributed by atoms with van der Waals surface area (Å²) in [6.07, 6.45) is 4.15. The average Bonchev–Trinajstić information content (AvgIpc) is 3.35. The van der Waals surface area contributed by atoms with E-state index in [0.29, 0.717) is 53.7 Å². The number of methoxy groups -OCH3 is 2. The maximum atomic E-state index is 12.7. The molecule has 1 saturated carbocycles. The number of ether oxygens (including phenoxy) is 3. The Morgan fingerprint density at radius 3 is 2.58 bits per heavy atom. The van der Waals surface area contributed by atoms with Gasteiger partial charge in [-0.1, -0.05) is 32.6 Å². The molecule has 2 N–H and O–H groups in total. The summed E-state index contributed by atoms with van der Waals surface area (Å²) < 4.78 is 22.4. The molecule has 0 atom stereocenters. The monoisotopic (exact) mass is 579 g/mol. The molecule has 11 nitrogen and oxygen atoms in total. The lowest BCUT2D eigenvalue weighted by Crippen LogP contribution is -2.28.